The van der Waals surface area contributed by atoms with E-state index in [0.29, 0.717) is 12.5 Å². The summed E-state index contributed by atoms with van der Waals surface area (Å²) in [4.78, 5) is 4.31. The number of aliphatic imine (C=N–C) groups is 1. The van der Waals surface area contributed by atoms with Gasteiger partial charge >= 0.3 is 0 Å². The van der Waals surface area contributed by atoms with Crippen LogP contribution >= 0.6 is 0 Å². The summed E-state index contributed by atoms with van der Waals surface area (Å²) in [5, 5.41) is 6.78. The van der Waals surface area contributed by atoms with Crippen molar-refractivity contribution in [1.29, 1.82) is 0 Å². The van der Waals surface area contributed by atoms with Crippen LogP contribution in [0, 0.1) is 6.92 Å². The van der Waals surface area contributed by atoms with Crippen molar-refractivity contribution in [2.45, 2.75) is 32.9 Å². The zero-order valence-electron chi connectivity index (χ0n) is 15.7. The zero-order valence-corrected chi connectivity index (χ0v) is 15.7. The topological polar surface area (TPSA) is 45.7 Å². The van der Waals surface area contributed by atoms with Crippen LogP contribution in [0.25, 0.3) is 0 Å². The molecule has 1 unspecified atom stereocenters. The lowest BCUT2D eigenvalue weighted by Gasteiger charge is -2.17. The minimum absolute atomic E-state index is 0.420. The first-order chi connectivity index (χ1) is 12.1. The number of hydrogen-bond acceptors (Lipinski definition) is 2. The van der Waals surface area contributed by atoms with Crippen LogP contribution in [-0.2, 0) is 17.9 Å². The highest BCUT2D eigenvalue weighted by Gasteiger charge is 2.07. The molecule has 2 N–H and O–H groups in total. The highest BCUT2D eigenvalue weighted by molar-refractivity contribution is 5.79. The Kier molecular flexibility index (Phi) is 7.48. The maximum absolute atomic E-state index is 5.19. The zero-order chi connectivity index (χ0) is 18.1. The molecule has 0 bridgehead atoms. The van der Waals surface area contributed by atoms with Crippen LogP contribution in [0.5, 0.6) is 0 Å². The van der Waals surface area contributed by atoms with Crippen LogP contribution in [0.15, 0.2) is 53.5 Å². The van der Waals surface area contributed by atoms with Crippen LogP contribution < -0.4 is 10.6 Å². The Morgan fingerprint density at radius 2 is 1.84 bits per heavy atom. The van der Waals surface area contributed by atoms with Gasteiger partial charge in [-0.05, 0) is 29.5 Å². The summed E-state index contributed by atoms with van der Waals surface area (Å²) in [6.45, 7) is 6.56. The van der Waals surface area contributed by atoms with Crippen molar-refractivity contribution >= 4 is 5.96 Å². The first-order valence-electron chi connectivity index (χ1n) is 8.70. The molecular formula is C21H29N3O. The molecule has 0 saturated carbocycles. The number of rotatable bonds is 7. The Labute approximate surface area is 151 Å². The lowest BCUT2D eigenvalue weighted by atomic mass is 9.99. The fourth-order valence-electron chi connectivity index (χ4n) is 2.75. The van der Waals surface area contributed by atoms with Crippen LogP contribution in [0.2, 0.25) is 0 Å². The SMILES string of the molecule is CN=C(NCc1cccc(COC)c1)NCC(C)c1cccc(C)c1. The van der Waals surface area contributed by atoms with E-state index in [1.165, 1.54) is 22.3 Å². The molecule has 0 radical (unpaired) electrons. The van der Waals surface area contributed by atoms with E-state index in [-0.39, 0.29) is 0 Å². The van der Waals surface area contributed by atoms with Crippen molar-refractivity contribution in [2.24, 2.45) is 4.99 Å². The molecule has 0 heterocycles. The molecule has 0 aromatic heterocycles. The summed E-state index contributed by atoms with van der Waals surface area (Å²) >= 11 is 0. The summed E-state index contributed by atoms with van der Waals surface area (Å²) in [5.74, 6) is 1.24. The largest absolute Gasteiger partial charge is 0.380 e. The molecule has 0 fully saturated rings. The van der Waals surface area contributed by atoms with Gasteiger partial charge in [0.1, 0.15) is 0 Å². The molecule has 1 atom stereocenters. The Morgan fingerprint density at radius 1 is 1.08 bits per heavy atom. The Bertz CT molecular complexity index is 697. The molecule has 0 amide bonds. The van der Waals surface area contributed by atoms with Gasteiger partial charge in [-0.1, -0.05) is 61.0 Å². The van der Waals surface area contributed by atoms with Crippen molar-refractivity contribution in [3.63, 3.8) is 0 Å². The summed E-state index contributed by atoms with van der Waals surface area (Å²) in [6, 6.07) is 17.0. The second kappa shape index (κ2) is 9.84. The second-order valence-electron chi connectivity index (χ2n) is 6.37. The molecule has 25 heavy (non-hydrogen) atoms. The fourth-order valence-corrected chi connectivity index (χ4v) is 2.75. The van der Waals surface area contributed by atoms with E-state index in [2.05, 4.69) is 78.0 Å². The third-order valence-corrected chi connectivity index (χ3v) is 4.17. The molecule has 134 valence electrons. The molecule has 0 spiro atoms. The van der Waals surface area contributed by atoms with Gasteiger partial charge in [-0.25, -0.2) is 0 Å². The average molecular weight is 339 g/mol. The molecule has 4 heteroatoms. The predicted molar refractivity (Wildman–Crippen MR) is 105 cm³/mol. The summed E-state index contributed by atoms with van der Waals surface area (Å²) in [7, 11) is 3.51. The molecule has 2 rings (SSSR count). The first kappa shape index (κ1) is 19.0. The Hall–Kier alpha value is -2.33. The smallest absolute Gasteiger partial charge is 0.191 e. The molecule has 0 aliphatic carbocycles. The fraction of sp³-hybridized carbons (Fsp3) is 0.381. The van der Waals surface area contributed by atoms with Gasteiger partial charge < -0.3 is 15.4 Å². The van der Waals surface area contributed by atoms with Crippen molar-refractivity contribution < 1.29 is 4.74 Å². The monoisotopic (exact) mass is 339 g/mol. The van der Waals surface area contributed by atoms with Crippen molar-refractivity contribution in [3.8, 4) is 0 Å². The van der Waals surface area contributed by atoms with Gasteiger partial charge in [-0.15, -0.1) is 0 Å². The third-order valence-electron chi connectivity index (χ3n) is 4.17. The molecular weight excluding hydrogens is 310 g/mol. The van der Waals surface area contributed by atoms with E-state index in [1.54, 1.807) is 14.2 Å². The number of hydrogen-bond donors (Lipinski definition) is 2. The predicted octanol–water partition coefficient (Wildman–Crippen LogP) is 3.61. The molecule has 0 aliphatic rings. The van der Waals surface area contributed by atoms with Crippen LogP contribution in [0.3, 0.4) is 0 Å². The summed E-state index contributed by atoms with van der Waals surface area (Å²) in [5.41, 5.74) is 5.03. The summed E-state index contributed by atoms with van der Waals surface area (Å²) < 4.78 is 5.19. The minimum Gasteiger partial charge on any atom is -0.380 e. The van der Waals surface area contributed by atoms with E-state index < -0.39 is 0 Å². The number of aryl methyl sites for hydroxylation is 1. The number of nitrogens with one attached hydrogen (secondary N) is 2. The normalized spacial score (nSPS) is 12.7. The second-order valence-corrected chi connectivity index (χ2v) is 6.37. The quantitative estimate of drug-likeness (QED) is 0.598. The van der Waals surface area contributed by atoms with Gasteiger partial charge in [0.15, 0.2) is 5.96 Å². The Morgan fingerprint density at radius 3 is 2.56 bits per heavy atom. The molecule has 2 aromatic carbocycles. The molecule has 0 aliphatic heterocycles. The maximum Gasteiger partial charge on any atom is 0.191 e. The van der Waals surface area contributed by atoms with E-state index in [4.69, 9.17) is 4.74 Å². The minimum atomic E-state index is 0.420. The van der Waals surface area contributed by atoms with E-state index in [1.807, 2.05) is 0 Å². The average Bonchev–Trinajstić information content (AvgIpc) is 2.62. The van der Waals surface area contributed by atoms with Crippen LogP contribution in [0.1, 0.15) is 35.1 Å². The van der Waals surface area contributed by atoms with Gasteiger partial charge in [0.05, 0.1) is 6.61 Å². The lowest BCUT2D eigenvalue weighted by Crippen LogP contribution is -2.38. The van der Waals surface area contributed by atoms with E-state index in [9.17, 15) is 0 Å². The van der Waals surface area contributed by atoms with Crippen molar-refractivity contribution in [1.82, 2.24) is 10.6 Å². The van der Waals surface area contributed by atoms with Gasteiger partial charge in [0, 0.05) is 27.2 Å². The molecule has 2 aromatic rings. The third kappa shape index (κ3) is 6.24. The number of nitrogens with zero attached hydrogens (tertiary/aromatic N) is 1. The standard InChI is InChI=1S/C21H29N3O/c1-16-7-5-10-20(11-16)17(2)13-23-21(22-3)24-14-18-8-6-9-19(12-18)15-25-4/h5-12,17H,13-15H2,1-4H3,(H2,22,23,24). The number of methoxy groups -OCH3 is 1. The molecule has 4 nitrogen and oxygen atoms in total. The van der Waals surface area contributed by atoms with Crippen molar-refractivity contribution in [3.05, 3.63) is 70.8 Å². The van der Waals surface area contributed by atoms with Gasteiger partial charge in [0.2, 0.25) is 0 Å². The number of benzene rings is 2. The van der Waals surface area contributed by atoms with E-state index in [0.717, 1.165) is 19.0 Å². The van der Waals surface area contributed by atoms with Crippen molar-refractivity contribution in [2.75, 3.05) is 20.7 Å². The van der Waals surface area contributed by atoms with E-state index >= 15 is 0 Å². The Balaban J connectivity index is 1.85. The lowest BCUT2D eigenvalue weighted by molar-refractivity contribution is 0.185. The van der Waals surface area contributed by atoms with Gasteiger partial charge in [0.25, 0.3) is 0 Å². The van der Waals surface area contributed by atoms with Gasteiger partial charge in [-0.3, -0.25) is 4.99 Å². The van der Waals surface area contributed by atoms with Crippen LogP contribution in [-0.4, -0.2) is 26.7 Å². The number of guanidine groups is 1. The molecule has 0 saturated heterocycles. The number of ether oxygens (including phenoxy) is 1. The highest BCUT2D eigenvalue weighted by atomic mass is 16.5. The summed E-state index contributed by atoms with van der Waals surface area (Å²) in [6.07, 6.45) is 0. The van der Waals surface area contributed by atoms with Crippen LogP contribution in [0.4, 0.5) is 0 Å². The highest BCUT2D eigenvalue weighted by Crippen LogP contribution is 2.15. The van der Waals surface area contributed by atoms with Gasteiger partial charge in [-0.2, -0.15) is 0 Å². The maximum atomic E-state index is 5.19. The first-order valence-corrected chi connectivity index (χ1v) is 8.70.